The highest BCUT2D eigenvalue weighted by molar-refractivity contribution is 7.80. The molecule has 0 saturated carbocycles. The average Bonchev–Trinajstić information content (AvgIpc) is 1.61. The Bertz CT molecular complexity index is 22.8. The number of halogens is 1. The Hall–Kier alpha value is 0.240. The van der Waals surface area contributed by atoms with Crippen LogP contribution in [-0.4, -0.2) is 19.2 Å². The van der Waals surface area contributed by atoms with E-state index in [0.717, 1.165) is 0 Å². The third-order valence-corrected chi connectivity index (χ3v) is 0.495. The third-order valence-electron chi connectivity index (χ3n) is 0.313. The molecule has 0 bridgehead atoms. The zero-order valence-corrected chi connectivity index (χ0v) is 4.25. The maximum absolute atomic E-state index is 11.0. The van der Waals surface area contributed by atoms with Crippen LogP contribution in [0.15, 0.2) is 0 Å². The molecule has 6 heavy (non-hydrogen) atoms. The number of ether oxygens (including phenoxy) is 1. The van der Waals surface area contributed by atoms with Crippen molar-refractivity contribution in [3.05, 3.63) is 0 Å². The first-order valence-electron chi connectivity index (χ1n) is 1.66. The van der Waals surface area contributed by atoms with Crippen LogP contribution in [0.3, 0.4) is 0 Å². The monoisotopic (exact) mass is 110 g/mol. The highest BCUT2D eigenvalue weighted by atomic mass is 32.1. The summed E-state index contributed by atoms with van der Waals surface area (Å²) < 4.78 is 15.5. The fraction of sp³-hybridized carbons (Fsp3) is 1.00. The van der Waals surface area contributed by atoms with E-state index in [0.29, 0.717) is 5.94 Å². The minimum absolute atomic E-state index is 0.170. The molecule has 0 aliphatic carbocycles. The minimum atomic E-state index is -0.416. The molecule has 3 heteroatoms. The van der Waals surface area contributed by atoms with Gasteiger partial charge in [0, 0.05) is 0 Å². The normalized spacial score (nSPS) is 9.00. The molecule has 38 valence electrons. The summed E-state index contributed by atoms with van der Waals surface area (Å²) in [6.07, 6.45) is 0. The van der Waals surface area contributed by atoms with E-state index in [4.69, 9.17) is 0 Å². The standard InChI is InChI=1S/C3H7FOS/c4-1-2-5-3-6/h6H,1-3H2. The van der Waals surface area contributed by atoms with Crippen LogP contribution in [0, 0.1) is 0 Å². The molecule has 0 radical (unpaired) electrons. The van der Waals surface area contributed by atoms with Crippen LogP contribution in [0.1, 0.15) is 0 Å². The molecular weight excluding hydrogens is 103 g/mol. The van der Waals surface area contributed by atoms with Gasteiger partial charge in [-0.05, 0) is 0 Å². The number of hydrogen-bond acceptors (Lipinski definition) is 2. The van der Waals surface area contributed by atoms with Crippen LogP contribution in [0.5, 0.6) is 0 Å². The van der Waals surface area contributed by atoms with Crippen molar-refractivity contribution < 1.29 is 9.13 Å². The Morgan fingerprint density at radius 2 is 2.33 bits per heavy atom. The molecule has 0 aliphatic rings. The Morgan fingerprint density at radius 1 is 1.67 bits per heavy atom. The Kier molecular flexibility index (Phi) is 5.45. The van der Waals surface area contributed by atoms with Gasteiger partial charge in [-0.25, -0.2) is 4.39 Å². The van der Waals surface area contributed by atoms with Crippen molar-refractivity contribution in [2.24, 2.45) is 0 Å². The van der Waals surface area contributed by atoms with Crippen LogP contribution < -0.4 is 0 Å². The lowest BCUT2D eigenvalue weighted by atomic mass is 10.8. The first-order valence-corrected chi connectivity index (χ1v) is 2.29. The fourth-order valence-electron chi connectivity index (χ4n) is 0.119. The van der Waals surface area contributed by atoms with Crippen molar-refractivity contribution in [1.82, 2.24) is 0 Å². The van der Waals surface area contributed by atoms with Gasteiger partial charge < -0.3 is 4.74 Å². The van der Waals surface area contributed by atoms with E-state index in [-0.39, 0.29) is 6.61 Å². The molecule has 0 spiro atoms. The van der Waals surface area contributed by atoms with Gasteiger partial charge in [-0.3, -0.25) is 0 Å². The van der Waals surface area contributed by atoms with Crippen LogP contribution in [-0.2, 0) is 4.74 Å². The molecule has 0 fully saturated rings. The van der Waals surface area contributed by atoms with E-state index in [2.05, 4.69) is 17.4 Å². The van der Waals surface area contributed by atoms with Crippen molar-refractivity contribution in [2.75, 3.05) is 19.2 Å². The molecule has 0 amide bonds. The van der Waals surface area contributed by atoms with Crippen LogP contribution >= 0.6 is 12.6 Å². The quantitative estimate of drug-likeness (QED) is 0.322. The summed E-state index contributed by atoms with van der Waals surface area (Å²) >= 11 is 3.67. The summed E-state index contributed by atoms with van der Waals surface area (Å²) in [7, 11) is 0. The lowest BCUT2D eigenvalue weighted by Gasteiger charge is -1.89. The number of rotatable bonds is 3. The second-order valence-electron chi connectivity index (χ2n) is 0.726. The molecule has 0 N–H and O–H groups in total. The number of thiol groups is 1. The smallest absolute Gasteiger partial charge is 0.113 e. The fourth-order valence-corrected chi connectivity index (χ4v) is 0.248. The summed E-state index contributed by atoms with van der Waals surface area (Å²) in [4.78, 5) is 0. The maximum Gasteiger partial charge on any atom is 0.113 e. The second-order valence-corrected chi connectivity index (χ2v) is 0.985. The summed E-state index contributed by atoms with van der Waals surface area (Å²) in [5.41, 5.74) is 0. The van der Waals surface area contributed by atoms with Crippen molar-refractivity contribution in [2.45, 2.75) is 0 Å². The zero-order valence-electron chi connectivity index (χ0n) is 3.35. The summed E-state index contributed by atoms with van der Waals surface area (Å²) in [5.74, 6) is 0.309. The predicted octanol–water partition coefficient (Wildman–Crippen LogP) is 0.860. The summed E-state index contributed by atoms with van der Waals surface area (Å²) in [6.45, 7) is -0.246. The van der Waals surface area contributed by atoms with E-state index in [1.165, 1.54) is 0 Å². The lowest BCUT2D eigenvalue weighted by Crippen LogP contribution is -1.91. The highest BCUT2D eigenvalue weighted by Crippen LogP contribution is 1.76. The van der Waals surface area contributed by atoms with Crippen molar-refractivity contribution in [3.8, 4) is 0 Å². The van der Waals surface area contributed by atoms with Gasteiger partial charge in [-0.1, -0.05) is 0 Å². The van der Waals surface area contributed by atoms with Gasteiger partial charge in [-0.2, -0.15) is 12.6 Å². The van der Waals surface area contributed by atoms with Gasteiger partial charge in [0.1, 0.15) is 6.67 Å². The van der Waals surface area contributed by atoms with Gasteiger partial charge in [0.2, 0.25) is 0 Å². The number of hydrogen-bond donors (Lipinski definition) is 1. The SMILES string of the molecule is FCCOCS. The predicted molar refractivity (Wildman–Crippen MR) is 25.8 cm³/mol. The van der Waals surface area contributed by atoms with Gasteiger partial charge in [0.25, 0.3) is 0 Å². The van der Waals surface area contributed by atoms with Crippen LogP contribution in [0.4, 0.5) is 4.39 Å². The van der Waals surface area contributed by atoms with Gasteiger partial charge in [-0.15, -0.1) is 0 Å². The molecule has 1 nitrogen and oxygen atoms in total. The molecular formula is C3H7FOS. The van der Waals surface area contributed by atoms with Crippen LogP contribution in [0.25, 0.3) is 0 Å². The summed E-state index contributed by atoms with van der Waals surface area (Å²) in [5, 5.41) is 0. The Morgan fingerprint density at radius 3 is 2.50 bits per heavy atom. The molecule has 0 unspecified atom stereocenters. The molecule has 0 saturated heterocycles. The van der Waals surface area contributed by atoms with Gasteiger partial charge in [0.15, 0.2) is 0 Å². The molecule has 0 aromatic carbocycles. The minimum Gasteiger partial charge on any atom is -0.368 e. The largest absolute Gasteiger partial charge is 0.368 e. The van der Waals surface area contributed by atoms with Crippen molar-refractivity contribution in [1.29, 1.82) is 0 Å². The van der Waals surface area contributed by atoms with E-state index in [9.17, 15) is 4.39 Å². The Balaban J connectivity index is 2.34. The van der Waals surface area contributed by atoms with E-state index >= 15 is 0 Å². The second kappa shape index (κ2) is 5.24. The highest BCUT2D eigenvalue weighted by Gasteiger charge is 1.76. The number of alkyl halides is 1. The van der Waals surface area contributed by atoms with E-state index < -0.39 is 6.67 Å². The molecule has 0 rings (SSSR count). The lowest BCUT2D eigenvalue weighted by molar-refractivity contribution is 0.163. The first kappa shape index (κ1) is 6.24. The maximum atomic E-state index is 11.0. The third kappa shape index (κ3) is 4.24. The van der Waals surface area contributed by atoms with Crippen molar-refractivity contribution in [3.63, 3.8) is 0 Å². The van der Waals surface area contributed by atoms with E-state index in [1.54, 1.807) is 0 Å². The molecule has 0 aliphatic heterocycles. The molecule has 0 aromatic heterocycles. The Labute approximate surface area is 41.9 Å². The topological polar surface area (TPSA) is 9.23 Å². The van der Waals surface area contributed by atoms with Crippen LogP contribution in [0.2, 0.25) is 0 Å². The average molecular weight is 110 g/mol. The van der Waals surface area contributed by atoms with Crippen molar-refractivity contribution >= 4 is 12.6 Å². The molecule has 0 heterocycles. The molecule has 0 aromatic rings. The van der Waals surface area contributed by atoms with Gasteiger partial charge in [0.05, 0.1) is 12.5 Å². The summed E-state index contributed by atoms with van der Waals surface area (Å²) in [6, 6.07) is 0. The molecule has 0 atom stereocenters. The van der Waals surface area contributed by atoms with E-state index in [1.807, 2.05) is 0 Å². The first-order chi connectivity index (χ1) is 2.91. The zero-order chi connectivity index (χ0) is 4.83. The van der Waals surface area contributed by atoms with Gasteiger partial charge >= 0.3 is 0 Å².